The number of benzene rings is 2. The molecule has 0 heterocycles. The summed E-state index contributed by atoms with van der Waals surface area (Å²) in [5.74, 6) is 1.52. The Balaban J connectivity index is 0.00000420. The average Bonchev–Trinajstić information content (AvgIpc) is 2.67. The SMILES string of the molecule is CCCCC(CC)COc1ccc(PC(=O)c2c(C)cc(C)c(C)c2C)cc1.[Li+]. The molecule has 2 nitrogen and oxygen atoms in total. The van der Waals surface area contributed by atoms with Crippen molar-refractivity contribution in [3.05, 3.63) is 58.1 Å². The fourth-order valence-corrected chi connectivity index (χ4v) is 4.68. The molecule has 4 heteroatoms. The second-order valence-corrected chi connectivity index (χ2v) is 9.12. The summed E-state index contributed by atoms with van der Waals surface area (Å²) in [5, 5.41) is 1.06. The quantitative estimate of drug-likeness (QED) is 0.445. The largest absolute Gasteiger partial charge is 1.00 e. The fourth-order valence-electron chi connectivity index (χ4n) is 3.57. The second kappa shape index (κ2) is 12.6. The molecule has 0 radical (unpaired) electrons. The molecule has 29 heavy (non-hydrogen) atoms. The third-order valence-electron chi connectivity index (χ3n) is 5.72. The number of unbranched alkanes of at least 4 members (excludes halogenated alkanes) is 1. The number of hydrogen-bond acceptors (Lipinski definition) is 2. The normalized spacial score (nSPS) is 12.1. The molecular formula is C25H35LiO2P+. The van der Waals surface area contributed by atoms with Crippen molar-refractivity contribution >= 4 is 19.4 Å². The van der Waals surface area contributed by atoms with Gasteiger partial charge in [-0.1, -0.05) is 51.3 Å². The van der Waals surface area contributed by atoms with E-state index in [1.807, 2.05) is 31.2 Å². The molecule has 2 aromatic carbocycles. The maximum Gasteiger partial charge on any atom is 1.00 e. The molecule has 0 N–H and O–H groups in total. The third-order valence-corrected chi connectivity index (χ3v) is 6.82. The molecule has 0 saturated heterocycles. The van der Waals surface area contributed by atoms with Gasteiger partial charge >= 0.3 is 18.9 Å². The van der Waals surface area contributed by atoms with Crippen LogP contribution < -0.4 is 28.9 Å². The van der Waals surface area contributed by atoms with E-state index < -0.39 is 0 Å². The molecule has 0 spiro atoms. The van der Waals surface area contributed by atoms with Gasteiger partial charge in [-0.3, -0.25) is 4.79 Å². The topological polar surface area (TPSA) is 26.3 Å². The number of rotatable bonds is 10. The Morgan fingerprint density at radius 3 is 2.24 bits per heavy atom. The van der Waals surface area contributed by atoms with E-state index in [2.05, 4.69) is 40.7 Å². The summed E-state index contributed by atoms with van der Waals surface area (Å²) in [6.07, 6.45) is 4.89. The van der Waals surface area contributed by atoms with E-state index in [0.29, 0.717) is 5.92 Å². The van der Waals surface area contributed by atoms with Crippen LogP contribution in [0.5, 0.6) is 5.75 Å². The first kappa shape index (κ1) is 26.0. The molecule has 0 amide bonds. The van der Waals surface area contributed by atoms with Crippen LogP contribution in [0.25, 0.3) is 0 Å². The molecule has 0 fully saturated rings. The van der Waals surface area contributed by atoms with Gasteiger partial charge < -0.3 is 4.74 Å². The maximum atomic E-state index is 12.9. The Kier molecular flexibility index (Phi) is 11.3. The average molecular weight is 405 g/mol. The minimum atomic E-state index is 0. The third kappa shape index (κ3) is 7.29. The Bertz CT molecular complexity index is 799. The van der Waals surface area contributed by atoms with Crippen molar-refractivity contribution in [2.75, 3.05) is 6.61 Å². The van der Waals surface area contributed by atoms with Crippen LogP contribution in [0.3, 0.4) is 0 Å². The Labute approximate surface area is 191 Å². The molecular weight excluding hydrogens is 370 g/mol. The summed E-state index contributed by atoms with van der Waals surface area (Å²) >= 11 is 0. The van der Waals surface area contributed by atoms with Crippen LogP contribution in [0.2, 0.25) is 0 Å². The molecule has 152 valence electrons. The molecule has 0 aliphatic rings. The molecule has 2 rings (SSSR count). The number of ether oxygens (including phenoxy) is 1. The molecule has 0 saturated carbocycles. The first-order chi connectivity index (χ1) is 13.4. The minimum Gasteiger partial charge on any atom is -0.493 e. The van der Waals surface area contributed by atoms with Crippen molar-refractivity contribution in [2.45, 2.75) is 67.2 Å². The standard InChI is InChI=1S/C25H35O2P.Li/c1-7-9-10-21(8-2)16-27-22-11-13-23(14-12-22)28-25(26)24-18(4)15-17(3)19(5)20(24)6;/h11-15,21,28H,7-10,16H2,1-6H3;/q;+1. The van der Waals surface area contributed by atoms with Crippen molar-refractivity contribution in [2.24, 2.45) is 5.92 Å². The van der Waals surface area contributed by atoms with E-state index in [-0.39, 0.29) is 33.0 Å². The zero-order valence-electron chi connectivity index (χ0n) is 19.3. The first-order valence-corrected chi connectivity index (χ1v) is 11.5. The monoisotopic (exact) mass is 405 g/mol. The van der Waals surface area contributed by atoms with Gasteiger partial charge in [0.1, 0.15) is 5.75 Å². The van der Waals surface area contributed by atoms with Gasteiger partial charge in [-0.15, -0.1) is 0 Å². The second-order valence-electron chi connectivity index (χ2n) is 7.84. The molecule has 2 unspecified atom stereocenters. The fraction of sp³-hybridized carbons (Fsp3) is 0.480. The Hall–Kier alpha value is -1.06. The molecule has 0 aromatic heterocycles. The first-order valence-electron chi connectivity index (χ1n) is 10.5. The summed E-state index contributed by atoms with van der Waals surface area (Å²) in [7, 11) is 0.141. The van der Waals surface area contributed by atoms with E-state index in [9.17, 15) is 4.79 Å². The van der Waals surface area contributed by atoms with Gasteiger partial charge in [0.2, 0.25) is 0 Å². The zero-order chi connectivity index (χ0) is 20.7. The van der Waals surface area contributed by atoms with Gasteiger partial charge in [-0.25, -0.2) is 0 Å². The zero-order valence-corrected chi connectivity index (χ0v) is 20.3. The van der Waals surface area contributed by atoms with E-state index in [0.717, 1.165) is 40.8 Å². The predicted molar refractivity (Wildman–Crippen MR) is 123 cm³/mol. The van der Waals surface area contributed by atoms with Crippen LogP contribution in [0.1, 0.15) is 72.1 Å². The molecule has 0 aliphatic carbocycles. The Morgan fingerprint density at radius 1 is 1.00 bits per heavy atom. The molecule has 0 aliphatic heterocycles. The van der Waals surface area contributed by atoms with Crippen molar-refractivity contribution in [3.63, 3.8) is 0 Å². The van der Waals surface area contributed by atoms with Gasteiger partial charge in [0.15, 0.2) is 5.52 Å². The summed E-state index contributed by atoms with van der Waals surface area (Å²) in [5.41, 5.74) is 5.78. The van der Waals surface area contributed by atoms with E-state index in [1.54, 1.807) is 0 Å². The number of carbonyl (C=O) groups is 1. The van der Waals surface area contributed by atoms with Gasteiger partial charge in [-0.2, -0.15) is 0 Å². The minimum absolute atomic E-state index is 0. The van der Waals surface area contributed by atoms with Crippen LogP contribution in [0.4, 0.5) is 0 Å². The van der Waals surface area contributed by atoms with Crippen molar-refractivity contribution < 1.29 is 28.4 Å². The van der Waals surface area contributed by atoms with Gasteiger partial charge in [0.05, 0.1) is 6.61 Å². The van der Waals surface area contributed by atoms with Crippen molar-refractivity contribution in [1.82, 2.24) is 0 Å². The van der Waals surface area contributed by atoms with Crippen molar-refractivity contribution in [3.8, 4) is 5.75 Å². The van der Waals surface area contributed by atoms with Crippen LogP contribution in [0, 0.1) is 33.6 Å². The summed E-state index contributed by atoms with van der Waals surface area (Å²) in [6.45, 7) is 13.5. The van der Waals surface area contributed by atoms with Gasteiger partial charge in [0, 0.05) is 5.56 Å². The molecule has 2 atom stereocenters. The number of carbonyl (C=O) groups excluding carboxylic acids is 1. The van der Waals surface area contributed by atoms with Gasteiger partial charge in [-0.05, 0) is 88.3 Å². The van der Waals surface area contributed by atoms with Gasteiger partial charge in [0.25, 0.3) is 0 Å². The number of aryl methyl sites for hydroxylation is 2. The van der Waals surface area contributed by atoms with Crippen LogP contribution in [0.15, 0.2) is 30.3 Å². The van der Waals surface area contributed by atoms with Crippen LogP contribution in [-0.2, 0) is 0 Å². The molecule has 0 bridgehead atoms. The number of hydrogen-bond donors (Lipinski definition) is 0. The summed E-state index contributed by atoms with van der Waals surface area (Å²) in [4.78, 5) is 12.9. The van der Waals surface area contributed by atoms with E-state index >= 15 is 0 Å². The molecule has 2 aromatic rings. The Morgan fingerprint density at radius 2 is 1.66 bits per heavy atom. The van der Waals surface area contributed by atoms with Crippen molar-refractivity contribution in [1.29, 1.82) is 0 Å². The van der Waals surface area contributed by atoms with E-state index in [1.165, 1.54) is 30.4 Å². The summed E-state index contributed by atoms with van der Waals surface area (Å²) < 4.78 is 5.99. The smallest absolute Gasteiger partial charge is 0.493 e. The van der Waals surface area contributed by atoms with E-state index in [4.69, 9.17) is 4.74 Å². The maximum absolute atomic E-state index is 12.9. The predicted octanol–water partition coefficient (Wildman–Crippen LogP) is 3.66. The van der Waals surface area contributed by atoms with Crippen LogP contribution >= 0.6 is 8.58 Å². The summed E-state index contributed by atoms with van der Waals surface area (Å²) in [6, 6.07) is 10.2. The van der Waals surface area contributed by atoms with Crippen LogP contribution in [-0.4, -0.2) is 12.1 Å².